The first-order valence-electron chi connectivity index (χ1n) is 17.7. The molecule has 8 nitrogen and oxygen atoms in total. The van der Waals surface area contributed by atoms with E-state index in [4.69, 9.17) is 4.74 Å². The molecule has 3 amide bonds. The molecule has 0 radical (unpaired) electrons. The van der Waals surface area contributed by atoms with E-state index in [1.54, 1.807) is 22.0 Å². The zero-order valence-corrected chi connectivity index (χ0v) is 30.2. The van der Waals surface area contributed by atoms with Crippen molar-refractivity contribution in [3.05, 3.63) is 97.1 Å². The molecule has 1 N–H and O–H groups in total. The fourth-order valence-electron chi connectivity index (χ4n) is 9.24. The summed E-state index contributed by atoms with van der Waals surface area (Å²) in [4.78, 5) is 50.3. The molecule has 0 aliphatic carbocycles. The minimum atomic E-state index is -1.23. The van der Waals surface area contributed by atoms with Crippen molar-refractivity contribution in [3.63, 3.8) is 0 Å². The monoisotopic (exact) mass is 669 g/mol. The first-order chi connectivity index (χ1) is 23.1. The van der Waals surface area contributed by atoms with Crippen LogP contribution in [-0.4, -0.2) is 86.0 Å². The summed E-state index contributed by atoms with van der Waals surface area (Å²) in [6.45, 7) is 21.0. The van der Waals surface area contributed by atoms with Gasteiger partial charge in [0.2, 0.25) is 17.7 Å². The highest BCUT2D eigenvalue weighted by Crippen LogP contribution is 2.64. The average Bonchev–Trinajstić information content (AvgIpc) is 3.62. The zero-order chi connectivity index (χ0) is 35.8. The lowest BCUT2D eigenvalue weighted by atomic mass is 9.66. The number of carbonyl (C=O) groups excluding carboxylic acids is 3. The Balaban J connectivity index is 1.62. The second-order valence-corrected chi connectivity index (χ2v) is 16.3. The normalized spacial score (nSPS) is 26.7. The van der Waals surface area contributed by atoms with Crippen LogP contribution in [0, 0.1) is 17.3 Å². The third kappa shape index (κ3) is 6.87. The van der Waals surface area contributed by atoms with Crippen LogP contribution < -0.4 is 0 Å². The number of carbonyl (C=O) groups is 3. The number of aliphatic hydroxyl groups is 1. The van der Waals surface area contributed by atoms with E-state index in [2.05, 4.69) is 47.8 Å². The van der Waals surface area contributed by atoms with Gasteiger partial charge in [-0.3, -0.25) is 14.4 Å². The maximum Gasteiger partial charge on any atom is 0.249 e. The van der Waals surface area contributed by atoms with Crippen molar-refractivity contribution < 1.29 is 24.2 Å². The van der Waals surface area contributed by atoms with Gasteiger partial charge in [-0.25, -0.2) is 0 Å². The number of hydrogen-bond donors (Lipinski definition) is 1. The van der Waals surface area contributed by atoms with Gasteiger partial charge in [-0.2, -0.15) is 0 Å². The average molecular weight is 670 g/mol. The van der Waals surface area contributed by atoms with Crippen LogP contribution in [0.2, 0.25) is 0 Å². The molecule has 2 bridgehead atoms. The summed E-state index contributed by atoms with van der Waals surface area (Å²) in [6, 6.07) is 17.7. The van der Waals surface area contributed by atoms with Crippen LogP contribution in [0.4, 0.5) is 0 Å². The maximum atomic E-state index is 15.3. The Morgan fingerprint density at radius 2 is 1.55 bits per heavy atom. The molecule has 6 atom stereocenters. The van der Waals surface area contributed by atoms with Gasteiger partial charge in [0, 0.05) is 25.2 Å². The molecule has 8 heteroatoms. The minimum Gasteiger partial charge on any atom is -0.394 e. The molecule has 1 spiro atoms. The summed E-state index contributed by atoms with van der Waals surface area (Å²) in [5, 5.41) is 10.9. The zero-order valence-electron chi connectivity index (χ0n) is 30.2. The molecular weight excluding hydrogens is 614 g/mol. The standard InChI is InChI=1S/C41H55N3O5/c1-9-23-42(26-30-19-15-12-16-20-30)35(46)32-33-36(47)44(31(27-45)25-29-17-13-11-14-18-29)34(41(33)22-21-40(32,8)49-41)37(48)43(24-10-2)39(6,7)28-38(3,4)5/h9-20,31-34,45H,1-2,21-28H2,3-8H3/t31-,32+,33+,34?,40-,41?/m1/s1. The molecule has 3 heterocycles. The van der Waals surface area contributed by atoms with Crippen LogP contribution in [0.3, 0.4) is 0 Å². The molecular formula is C41H55N3O5. The summed E-state index contributed by atoms with van der Waals surface area (Å²) in [7, 11) is 0. The van der Waals surface area contributed by atoms with E-state index in [1.165, 1.54) is 0 Å². The van der Waals surface area contributed by atoms with Gasteiger partial charge in [0.15, 0.2) is 0 Å². The van der Waals surface area contributed by atoms with E-state index >= 15 is 9.59 Å². The van der Waals surface area contributed by atoms with Gasteiger partial charge in [0.25, 0.3) is 0 Å². The van der Waals surface area contributed by atoms with Crippen molar-refractivity contribution >= 4 is 17.7 Å². The Bertz CT molecular complexity index is 1540. The van der Waals surface area contributed by atoms with E-state index < -0.39 is 40.7 Å². The summed E-state index contributed by atoms with van der Waals surface area (Å²) in [5.41, 5.74) is -0.924. The van der Waals surface area contributed by atoms with Crippen LogP contribution >= 0.6 is 0 Å². The van der Waals surface area contributed by atoms with Crippen LogP contribution in [0.1, 0.15) is 71.9 Å². The number of aliphatic hydroxyl groups excluding tert-OH is 1. The Morgan fingerprint density at radius 1 is 0.959 bits per heavy atom. The Hall–Kier alpha value is -3.75. The molecule has 49 heavy (non-hydrogen) atoms. The van der Waals surface area contributed by atoms with E-state index in [0.717, 1.165) is 11.1 Å². The summed E-state index contributed by atoms with van der Waals surface area (Å²) in [5.74, 6) is -2.40. The van der Waals surface area contributed by atoms with Crippen LogP contribution in [0.5, 0.6) is 0 Å². The van der Waals surface area contributed by atoms with Crippen molar-refractivity contribution in [2.75, 3.05) is 19.7 Å². The van der Waals surface area contributed by atoms with Gasteiger partial charge < -0.3 is 24.5 Å². The quantitative estimate of drug-likeness (QED) is 0.257. The molecule has 2 aromatic rings. The van der Waals surface area contributed by atoms with E-state index in [9.17, 15) is 9.90 Å². The molecule has 3 aliphatic heterocycles. The van der Waals surface area contributed by atoms with Crippen LogP contribution in [0.25, 0.3) is 0 Å². The van der Waals surface area contributed by atoms with Crippen molar-refractivity contribution in [1.29, 1.82) is 0 Å². The second-order valence-electron chi connectivity index (χ2n) is 16.3. The van der Waals surface area contributed by atoms with Crippen molar-refractivity contribution in [2.45, 2.75) is 103 Å². The first kappa shape index (κ1) is 36.5. The third-order valence-corrected chi connectivity index (χ3v) is 10.8. The SMILES string of the molecule is C=CCN(Cc1ccccc1)C(=O)[C@@H]1[C@H]2C(=O)N([C@@H](CO)Cc3ccccc3)C(C(=O)N(CC=C)C(C)(C)CC(C)(C)C)C23CC[C@@]1(C)O3. The number of nitrogens with zero attached hydrogens (tertiary/aromatic N) is 3. The van der Waals surface area contributed by atoms with E-state index in [0.29, 0.717) is 38.8 Å². The van der Waals surface area contributed by atoms with Gasteiger partial charge in [-0.15, -0.1) is 13.2 Å². The smallest absolute Gasteiger partial charge is 0.249 e. The predicted octanol–water partition coefficient (Wildman–Crippen LogP) is 5.80. The highest BCUT2D eigenvalue weighted by Gasteiger charge is 2.79. The number of ether oxygens (including phenoxy) is 1. The largest absolute Gasteiger partial charge is 0.394 e. The van der Waals surface area contributed by atoms with Crippen molar-refractivity contribution in [3.8, 4) is 0 Å². The molecule has 264 valence electrons. The fourth-order valence-corrected chi connectivity index (χ4v) is 9.24. The summed E-state index contributed by atoms with van der Waals surface area (Å²) >= 11 is 0. The summed E-state index contributed by atoms with van der Waals surface area (Å²) in [6.07, 6.45) is 5.49. The molecule has 3 aliphatic rings. The highest BCUT2D eigenvalue weighted by molar-refractivity contribution is 5.99. The number of fused-ring (bicyclic) bond motifs is 1. The molecule has 0 saturated carbocycles. The van der Waals surface area contributed by atoms with Gasteiger partial charge >= 0.3 is 0 Å². The van der Waals surface area contributed by atoms with Gasteiger partial charge in [-0.05, 0) is 63.0 Å². The Labute approximate surface area is 292 Å². The second kappa shape index (κ2) is 13.9. The third-order valence-electron chi connectivity index (χ3n) is 10.8. The Kier molecular flexibility index (Phi) is 10.3. The van der Waals surface area contributed by atoms with Gasteiger partial charge in [-0.1, -0.05) is 93.6 Å². The van der Waals surface area contributed by atoms with E-state index in [1.807, 2.05) is 72.5 Å². The topological polar surface area (TPSA) is 90.4 Å². The van der Waals surface area contributed by atoms with Crippen molar-refractivity contribution in [2.24, 2.45) is 17.3 Å². The number of benzene rings is 2. The fraction of sp³-hybridized carbons (Fsp3) is 0.537. The Morgan fingerprint density at radius 3 is 2.10 bits per heavy atom. The highest BCUT2D eigenvalue weighted by atomic mass is 16.5. The molecule has 3 saturated heterocycles. The lowest BCUT2D eigenvalue weighted by molar-refractivity contribution is -0.160. The number of amides is 3. The lowest BCUT2D eigenvalue weighted by Gasteiger charge is -2.46. The summed E-state index contributed by atoms with van der Waals surface area (Å²) < 4.78 is 7.01. The first-order valence-corrected chi connectivity index (χ1v) is 17.7. The number of hydrogen-bond acceptors (Lipinski definition) is 5. The molecule has 2 unspecified atom stereocenters. The molecule has 3 fully saturated rings. The van der Waals surface area contributed by atoms with Crippen LogP contribution in [0.15, 0.2) is 86.0 Å². The minimum absolute atomic E-state index is 0.0865. The van der Waals surface area contributed by atoms with Gasteiger partial charge in [0.1, 0.15) is 11.6 Å². The lowest BCUT2D eigenvalue weighted by Crippen LogP contribution is -2.62. The van der Waals surface area contributed by atoms with Crippen molar-refractivity contribution in [1.82, 2.24) is 14.7 Å². The van der Waals surface area contributed by atoms with Gasteiger partial charge in [0.05, 0.1) is 30.1 Å². The molecule has 0 aromatic heterocycles. The number of likely N-dealkylation sites (tertiary alicyclic amines) is 1. The van der Waals surface area contributed by atoms with E-state index in [-0.39, 0.29) is 36.3 Å². The number of rotatable bonds is 14. The molecule has 5 rings (SSSR count). The van der Waals surface area contributed by atoms with Crippen LogP contribution in [-0.2, 0) is 32.1 Å². The predicted molar refractivity (Wildman–Crippen MR) is 192 cm³/mol. The maximum absolute atomic E-state index is 15.3. The molecule has 2 aromatic carbocycles.